The summed E-state index contributed by atoms with van der Waals surface area (Å²) in [5, 5.41) is 4.72. The highest BCUT2D eigenvalue weighted by Crippen LogP contribution is 2.53. The van der Waals surface area contributed by atoms with Gasteiger partial charge in [0.15, 0.2) is 5.58 Å². The molecule has 0 radical (unpaired) electrons. The summed E-state index contributed by atoms with van der Waals surface area (Å²) in [4.78, 5) is 4.79. The molecule has 20 aromatic carbocycles. The third-order valence-corrected chi connectivity index (χ3v) is 25.1. The van der Waals surface area contributed by atoms with Crippen LogP contribution in [-0.2, 0) is 0 Å². The van der Waals surface area contributed by atoms with Crippen molar-refractivity contribution in [2.45, 2.75) is 0 Å². The molecule has 0 aliphatic rings. The van der Waals surface area contributed by atoms with E-state index in [0.29, 0.717) is 0 Å². The van der Waals surface area contributed by atoms with Crippen molar-refractivity contribution in [2.75, 3.05) is 9.80 Å². The number of anilines is 6. The molecule has 0 fully saturated rings. The third kappa shape index (κ3) is 14.7. The molecule has 0 saturated carbocycles. The Labute approximate surface area is 727 Å². The van der Waals surface area contributed by atoms with E-state index in [0.717, 1.165) is 78.3 Å². The SMILES string of the molecule is c1ccc(-c2ccccc2-c2ccc(N(c3ccc(-c4ccccc4-c4ccccc4)cc3)c3ccc(-c4ccccc4-c4ccccc4)c4c3oc3ccccc34)cc2)cc1.c1ccc(-c2ccccc2-c2ccc(N(c3ccc(-c4ccccc4-c4ccccc4)cc3)c3ccc(-c4ccccc4-c4ccccc4)c4c3sc3ccccc34)cc2)cc1. The first-order valence-corrected chi connectivity index (χ1v) is 43.2. The molecule has 22 rings (SSSR count). The molecule has 0 atom stereocenters. The predicted molar refractivity (Wildman–Crippen MR) is 528 cm³/mol. The molecule has 22 aromatic rings. The Morgan fingerprint density at radius 2 is 0.395 bits per heavy atom. The van der Waals surface area contributed by atoms with E-state index in [9.17, 15) is 0 Å². The number of fused-ring (bicyclic) bond motifs is 6. The van der Waals surface area contributed by atoms with Crippen molar-refractivity contribution in [1.82, 2.24) is 0 Å². The smallest absolute Gasteiger partial charge is 0.160 e. The van der Waals surface area contributed by atoms with Gasteiger partial charge in [-0.05, 0) is 206 Å². The van der Waals surface area contributed by atoms with E-state index in [1.54, 1.807) is 0 Å². The van der Waals surface area contributed by atoms with Crippen LogP contribution in [0.5, 0.6) is 0 Å². The molecule has 124 heavy (non-hydrogen) atoms. The molecule has 0 N–H and O–H groups in total. The quantitative estimate of drug-likeness (QED) is 0.0854. The Balaban J connectivity index is 0.000000152. The standard InChI is InChI=1S/C60H41NO.C60H41NS/c2*1-4-18-42(19-5-1)49-24-10-12-26-51(49)45-32-36-47(37-33-45)61(48-38-34-46(35-39-48)52-27-13-11-25-50(52)43-20-6-2-7-21-43)57-41-40-55(59-56-30-16-17-31-58(56)62-60(57)59)54-29-15-14-28-53(54)44-22-8-3-9-23-44/h2*1-41H. The van der Waals surface area contributed by atoms with Crippen LogP contribution in [0.4, 0.5) is 34.1 Å². The summed E-state index contributed by atoms with van der Waals surface area (Å²) in [5.74, 6) is 0. The number of rotatable bonds is 18. The molecule has 0 saturated heterocycles. The van der Waals surface area contributed by atoms with Gasteiger partial charge in [0.25, 0.3) is 0 Å². The van der Waals surface area contributed by atoms with Gasteiger partial charge in [-0.15, -0.1) is 11.3 Å². The highest BCUT2D eigenvalue weighted by Gasteiger charge is 2.27. The van der Waals surface area contributed by atoms with Crippen LogP contribution in [0.2, 0.25) is 0 Å². The number of para-hydroxylation sites is 1. The van der Waals surface area contributed by atoms with Crippen LogP contribution >= 0.6 is 11.3 Å². The molecule has 0 spiro atoms. The molecule has 584 valence electrons. The zero-order valence-corrected chi connectivity index (χ0v) is 68.9. The summed E-state index contributed by atoms with van der Waals surface area (Å²) >= 11 is 1.87. The zero-order chi connectivity index (χ0) is 82.5. The average molecular weight is 1600 g/mol. The maximum absolute atomic E-state index is 6.99. The van der Waals surface area contributed by atoms with Crippen molar-refractivity contribution in [3.63, 3.8) is 0 Å². The zero-order valence-electron chi connectivity index (χ0n) is 68.1. The minimum atomic E-state index is 0.837. The monoisotopic (exact) mass is 1600 g/mol. The highest BCUT2D eigenvalue weighted by atomic mass is 32.1. The molecule has 2 aromatic heterocycles. The van der Waals surface area contributed by atoms with E-state index in [1.807, 2.05) is 11.3 Å². The summed E-state index contributed by atoms with van der Waals surface area (Å²) in [6, 6.07) is 179. The van der Waals surface area contributed by atoms with Crippen molar-refractivity contribution in [1.29, 1.82) is 0 Å². The fraction of sp³-hybridized carbons (Fsp3) is 0. The summed E-state index contributed by atoms with van der Waals surface area (Å²) in [7, 11) is 0. The number of benzene rings is 20. The van der Waals surface area contributed by atoms with Gasteiger partial charge in [0, 0.05) is 49.0 Å². The average Bonchev–Trinajstić information content (AvgIpc) is 1.57. The van der Waals surface area contributed by atoms with E-state index in [1.165, 1.54) is 131 Å². The Morgan fingerprint density at radius 1 is 0.161 bits per heavy atom. The van der Waals surface area contributed by atoms with Crippen LogP contribution in [-0.4, -0.2) is 0 Å². The second-order valence-electron chi connectivity index (χ2n) is 31.2. The van der Waals surface area contributed by atoms with Crippen molar-refractivity contribution < 1.29 is 4.42 Å². The second-order valence-corrected chi connectivity index (χ2v) is 32.2. The molecule has 4 heteroatoms. The molecular weight excluding hydrogens is 1520 g/mol. The van der Waals surface area contributed by atoms with Gasteiger partial charge in [0.2, 0.25) is 0 Å². The van der Waals surface area contributed by atoms with Crippen molar-refractivity contribution in [2.24, 2.45) is 0 Å². The Morgan fingerprint density at radius 3 is 0.718 bits per heavy atom. The normalized spacial score (nSPS) is 11.2. The molecule has 3 nitrogen and oxygen atoms in total. The maximum atomic E-state index is 6.99. The lowest BCUT2D eigenvalue weighted by molar-refractivity contribution is 0.669. The molecule has 0 aliphatic heterocycles. The first-order valence-electron chi connectivity index (χ1n) is 42.3. The van der Waals surface area contributed by atoms with Gasteiger partial charge in [0.05, 0.1) is 16.1 Å². The Bertz CT molecular complexity index is 6830. The van der Waals surface area contributed by atoms with Gasteiger partial charge in [-0.3, -0.25) is 0 Å². The Kier molecular flexibility index (Phi) is 20.7. The van der Waals surface area contributed by atoms with E-state index >= 15 is 0 Å². The van der Waals surface area contributed by atoms with Crippen LogP contribution in [0.25, 0.3) is 176 Å². The van der Waals surface area contributed by atoms with Gasteiger partial charge in [-0.1, -0.05) is 425 Å². The molecule has 0 unspecified atom stereocenters. The first-order chi connectivity index (χ1) is 61.6. The molecule has 2 heterocycles. The van der Waals surface area contributed by atoms with Crippen LogP contribution in [0, 0.1) is 0 Å². The third-order valence-electron chi connectivity index (χ3n) is 23.9. The van der Waals surface area contributed by atoms with Crippen LogP contribution in [0.1, 0.15) is 0 Å². The van der Waals surface area contributed by atoms with Crippen LogP contribution in [0.3, 0.4) is 0 Å². The van der Waals surface area contributed by atoms with Crippen LogP contribution in [0.15, 0.2) is 502 Å². The maximum Gasteiger partial charge on any atom is 0.160 e. The summed E-state index contributed by atoms with van der Waals surface area (Å²) in [6.45, 7) is 0. The Hall–Kier alpha value is -16.0. The van der Waals surface area contributed by atoms with Gasteiger partial charge in [-0.2, -0.15) is 0 Å². The number of hydrogen-bond acceptors (Lipinski definition) is 4. The lowest BCUT2D eigenvalue weighted by Crippen LogP contribution is -2.10. The molecule has 0 aliphatic carbocycles. The largest absolute Gasteiger partial charge is 0.454 e. The number of thiophene rings is 1. The lowest BCUT2D eigenvalue weighted by atomic mass is 9.91. The highest BCUT2D eigenvalue weighted by molar-refractivity contribution is 7.26. The van der Waals surface area contributed by atoms with E-state index < -0.39 is 0 Å². The van der Waals surface area contributed by atoms with E-state index in [2.05, 4.69) is 507 Å². The molecule has 0 amide bonds. The minimum absolute atomic E-state index is 0.837. The fourth-order valence-electron chi connectivity index (χ4n) is 18.0. The summed E-state index contributed by atoms with van der Waals surface area (Å²) < 4.78 is 9.51. The minimum Gasteiger partial charge on any atom is -0.454 e. The fourth-order valence-corrected chi connectivity index (χ4v) is 19.3. The summed E-state index contributed by atoms with van der Waals surface area (Å²) in [6.07, 6.45) is 0. The van der Waals surface area contributed by atoms with Crippen molar-refractivity contribution >= 4 is 87.6 Å². The second kappa shape index (κ2) is 34.0. The van der Waals surface area contributed by atoms with E-state index in [4.69, 9.17) is 4.42 Å². The van der Waals surface area contributed by atoms with E-state index in [-0.39, 0.29) is 0 Å². The van der Waals surface area contributed by atoms with Crippen LogP contribution < -0.4 is 9.80 Å². The topological polar surface area (TPSA) is 19.6 Å². The number of nitrogens with zero attached hydrogens (tertiary/aromatic N) is 2. The lowest BCUT2D eigenvalue weighted by Gasteiger charge is -2.27. The van der Waals surface area contributed by atoms with Crippen molar-refractivity contribution in [3.8, 4) is 134 Å². The van der Waals surface area contributed by atoms with Gasteiger partial charge in [-0.25, -0.2) is 0 Å². The number of furan rings is 1. The molecular formula is C120H82N2OS. The van der Waals surface area contributed by atoms with Crippen molar-refractivity contribution in [3.05, 3.63) is 497 Å². The first kappa shape index (κ1) is 75.5. The number of hydrogen-bond donors (Lipinski definition) is 0. The molecule has 0 bridgehead atoms. The van der Waals surface area contributed by atoms with Gasteiger partial charge in [0.1, 0.15) is 5.58 Å². The summed E-state index contributed by atoms with van der Waals surface area (Å²) in [5.41, 5.74) is 36.8. The van der Waals surface area contributed by atoms with Gasteiger partial charge < -0.3 is 14.2 Å². The van der Waals surface area contributed by atoms with Gasteiger partial charge >= 0.3 is 0 Å². The predicted octanol–water partition coefficient (Wildman–Crippen LogP) is 34.6.